The first-order chi connectivity index (χ1) is 14.4. The molecular formula is C22H21ClN2O3S2. The van der Waals surface area contributed by atoms with Gasteiger partial charge in [0.25, 0.3) is 5.91 Å². The molecule has 5 nitrogen and oxygen atoms in total. The highest BCUT2D eigenvalue weighted by Crippen LogP contribution is 2.33. The number of rotatable bonds is 8. The van der Waals surface area contributed by atoms with Crippen LogP contribution in [0.2, 0.25) is 5.02 Å². The molecule has 2 amide bonds. The highest BCUT2D eigenvalue weighted by Gasteiger charge is 2.31. The average molecular weight is 461 g/mol. The summed E-state index contributed by atoms with van der Waals surface area (Å²) in [6.45, 7) is 0.531. The number of benzene rings is 2. The quantitative estimate of drug-likeness (QED) is 0.237. The van der Waals surface area contributed by atoms with Crippen molar-refractivity contribution in [3.8, 4) is 5.75 Å². The van der Waals surface area contributed by atoms with E-state index in [1.165, 1.54) is 17.8 Å². The SMILES string of the molecule is O=C(CCCCCN1C(=O)C(=Cc2ccc(Cl)cc2)SC1=S)Nc1ccccc1O. The number of thiocarbonyl (C=S) groups is 1. The molecule has 1 saturated heterocycles. The van der Waals surface area contributed by atoms with Crippen molar-refractivity contribution in [2.45, 2.75) is 25.7 Å². The lowest BCUT2D eigenvalue weighted by Crippen LogP contribution is -2.29. The van der Waals surface area contributed by atoms with Crippen molar-refractivity contribution in [2.24, 2.45) is 0 Å². The van der Waals surface area contributed by atoms with Crippen LogP contribution in [0.4, 0.5) is 5.69 Å². The zero-order chi connectivity index (χ0) is 21.5. The van der Waals surface area contributed by atoms with Gasteiger partial charge in [0.15, 0.2) is 0 Å². The van der Waals surface area contributed by atoms with Crippen LogP contribution in [-0.2, 0) is 9.59 Å². The van der Waals surface area contributed by atoms with Crippen LogP contribution in [0.15, 0.2) is 53.4 Å². The lowest BCUT2D eigenvalue weighted by Gasteiger charge is -2.14. The third-order valence-electron chi connectivity index (χ3n) is 4.51. The van der Waals surface area contributed by atoms with Gasteiger partial charge in [0.1, 0.15) is 10.1 Å². The van der Waals surface area contributed by atoms with E-state index in [9.17, 15) is 14.7 Å². The number of thioether (sulfide) groups is 1. The lowest BCUT2D eigenvalue weighted by molar-refractivity contribution is -0.122. The van der Waals surface area contributed by atoms with Gasteiger partial charge in [-0.15, -0.1) is 0 Å². The molecule has 8 heteroatoms. The second-order valence-corrected chi connectivity index (χ2v) is 8.87. The topological polar surface area (TPSA) is 69.6 Å². The van der Waals surface area contributed by atoms with E-state index in [4.69, 9.17) is 23.8 Å². The molecule has 0 atom stereocenters. The summed E-state index contributed by atoms with van der Waals surface area (Å²) < 4.78 is 0.553. The van der Waals surface area contributed by atoms with Gasteiger partial charge >= 0.3 is 0 Å². The molecule has 0 radical (unpaired) electrons. The molecule has 30 heavy (non-hydrogen) atoms. The number of para-hydroxylation sites is 2. The minimum Gasteiger partial charge on any atom is -0.506 e. The van der Waals surface area contributed by atoms with E-state index in [2.05, 4.69) is 5.32 Å². The molecule has 0 spiro atoms. The number of phenols is 1. The smallest absolute Gasteiger partial charge is 0.266 e. The van der Waals surface area contributed by atoms with E-state index in [0.29, 0.717) is 39.3 Å². The van der Waals surface area contributed by atoms with Gasteiger partial charge in [-0.3, -0.25) is 14.5 Å². The molecule has 2 aromatic carbocycles. The Morgan fingerprint density at radius 2 is 1.87 bits per heavy atom. The molecule has 0 aliphatic carbocycles. The van der Waals surface area contributed by atoms with Gasteiger partial charge in [-0.05, 0) is 48.7 Å². The fourth-order valence-corrected chi connectivity index (χ4v) is 4.36. The number of nitrogens with zero attached hydrogens (tertiary/aromatic N) is 1. The predicted octanol–water partition coefficient (Wildman–Crippen LogP) is 5.45. The summed E-state index contributed by atoms with van der Waals surface area (Å²) in [6.07, 6.45) is 4.41. The second kappa shape index (κ2) is 10.6. The zero-order valence-electron chi connectivity index (χ0n) is 16.1. The van der Waals surface area contributed by atoms with Crippen LogP contribution in [-0.4, -0.2) is 32.7 Å². The Kier molecular flexibility index (Phi) is 7.90. The number of hydrogen-bond acceptors (Lipinski definition) is 5. The molecule has 156 valence electrons. The first kappa shape index (κ1) is 22.3. The highest BCUT2D eigenvalue weighted by molar-refractivity contribution is 8.26. The molecule has 1 heterocycles. The lowest BCUT2D eigenvalue weighted by atomic mass is 10.1. The van der Waals surface area contributed by atoms with Crippen LogP contribution in [0.5, 0.6) is 5.75 Å². The fraction of sp³-hybridized carbons (Fsp3) is 0.227. The van der Waals surface area contributed by atoms with Gasteiger partial charge in [-0.1, -0.05) is 66.3 Å². The zero-order valence-corrected chi connectivity index (χ0v) is 18.5. The van der Waals surface area contributed by atoms with Crippen LogP contribution >= 0.6 is 35.6 Å². The van der Waals surface area contributed by atoms with E-state index in [-0.39, 0.29) is 17.6 Å². The second-order valence-electron chi connectivity index (χ2n) is 6.76. The third-order valence-corrected chi connectivity index (χ3v) is 6.13. The number of nitrogens with one attached hydrogen (secondary N) is 1. The van der Waals surface area contributed by atoms with E-state index >= 15 is 0 Å². The van der Waals surface area contributed by atoms with Crippen LogP contribution in [0.25, 0.3) is 6.08 Å². The number of halogens is 1. The van der Waals surface area contributed by atoms with Crippen molar-refractivity contribution in [1.82, 2.24) is 4.90 Å². The number of hydrogen-bond donors (Lipinski definition) is 2. The van der Waals surface area contributed by atoms with Crippen LogP contribution in [0, 0.1) is 0 Å². The molecule has 1 aliphatic heterocycles. The molecule has 2 N–H and O–H groups in total. The van der Waals surface area contributed by atoms with Crippen LogP contribution < -0.4 is 5.32 Å². The fourth-order valence-electron chi connectivity index (χ4n) is 2.93. The Morgan fingerprint density at radius 3 is 2.60 bits per heavy atom. The number of carbonyl (C=O) groups is 2. The highest BCUT2D eigenvalue weighted by atomic mass is 35.5. The Morgan fingerprint density at radius 1 is 1.13 bits per heavy atom. The van der Waals surface area contributed by atoms with Crippen molar-refractivity contribution in [3.05, 3.63) is 64.0 Å². The van der Waals surface area contributed by atoms with E-state index in [1.54, 1.807) is 35.2 Å². The molecule has 0 saturated carbocycles. The van der Waals surface area contributed by atoms with Crippen molar-refractivity contribution in [1.29, 1.82) is 0 Å². The number of anilines is 1. The Hall–Kier alpha value is -2.35. The van der Waals surface area contributed by atoms with Gasteiger partial charge < -0.3 is 10.4 Å². The summed E-state index contributed by atoms with van der Waals surface area (Å²) in [5, 5.41) is 13.0. The maximum atomic E-state index is 12.6. The first-order valence-electron chi connectivity index (χ1n) is 9.53. The summed E-state index contributed by atoms with van der Waals surface area (Å²) in [7, 11) is 0. The van der Waals surface area contributed by atoms with Gasteiger partial charge in [-0.25, -0.2) is 0 Å². The van der Waals surface area contributed by atoms with Crippen molar-refractivity contribution in [2.75, 3.05) is 11.9 Å². The summed E-state index contributed by atoms with van der Waals surface area (Å²) in [6, 6.07) is 13.9. The van der Waals surface area contributed by atoms with E-state index in [1.807, 2.05) is 18.2 Å². The number of aromatic hydroxyl groups is 1. The van der Waals surface area contributed by atoms with Gasteiger partial charge in [0.05, 0.1) is 10.6 Å². The van der Waals surface area contributed by atoms with Gasteiger partial charge in [0.2, 0.25) is 5.91 Å². The van der Waals surface area contributed by atoms with Crippen molar-refractivity contribution in [3.63, 3.8) is 0 Å². The van der Waals surface area contributed by atoms with E-state index < -0.39 is 0 Å². The number of amides is 2. The Balaban J connectivity index is 1.42. The average Bonchev–Trinajstić information content (AvgIpc) is 2.98. The van der Waals surface area contributed by atoms with Crippen LogP contribution in [0.3, 0.4) is 0 Å². The van der Waals surface area contributed by atoms with Gasteiger partial charge in [-0.2, -0.15) is 0 Å². The van der Waals surface area contributed by atoms with Crippen molar-refractivity contribution >= 4 is 63.5 Å². The molecular weight excluding hydrogens is 440 g/mol. The maximum absolute atomic E-state index is 12.6. The van der Waals surface area contributed by atoms with Crippen LogP contribution in [0.1, 0.15) is 31.2 Å². The summed E-state index contributed by atoms with van der Waals surface area (Å²) >= 11 is 12.5. The minimum absolute atomic E-state index is 0.0480. The summed E-state index contributed by atoms with van der Waals surface area (Å²) in [4.78, 5) is 26.8. The Bertz CT molecular complexity index is 977. The molecule has 0 aromatic heterocycles. The van der Waals surface area contributed by atoms with Gasteiger partial charge in [0, 0.05) is 18.0 Å². The number of unbranched alkanes of at least 4 members (excludes halogenated alkanes) is 2. The molecule has 0 bridgehead atoms. The van der Waals surface area contributed by atoms with Crippen molar-refractivity contribution < 1.29 is 14.7 Å². The maximum Gasteiger partial charge on any atom is 0.266 e. The first-order valence-corrected chi connectivity index (χ1v) is 11.1. The summed E-state index contributed by atoms with van der Waals surface area (Å²) in [5.74, 6) is -0.183. The molecule has 3 rings (SSSR count). The predicted molar refractivity (Wildman–Crippen MR) is 127 cm³/mol. The summed E-state index contributed by atoms with van der Waals surface area (Å²) in [5.41, 5.74) is 1.31. The number of phenolic OH excluding ortho intramolecular Hbond substituents is 1. The monoisotopic (exact) mass is 460 g/mol. The Labute approximate surface area is 190 Å². The normalized spacial score (nSPS) is 15.1. The number of carbonyl (C=O) groups excluding carboxylic acids is 2. The van der Waals surface area contributed by atoms with E-state index in [0.717, 1.165) is 18.4 Å². The molecule has 2 aromatic rings. The molecule has 0 unspecified atom stereocenters. The molecule has 1 aliphatic rings. The largest absolute Gasteiger partial charge is 0.506 e. The third kappa shape index (κ3) is 6.08. The molecule has 1 fully saturated rings. The minimum atomic E-state index is -0.145. The standard InChI is InChI=1S/C22H21ClN2O3S2/c23-16-11-9-15(10-12-16)14-19-21(28)25(22(29)30-19)13-5-1-2-8-20(27)24-17-6-3-4-7-18(17)26/h3-4,6-7,9-12,14,26H,1-2,5,8,13H2,(H,24,27).